The zero-order chi connectivity index (χ0) is 15.6. The van der Waals surface area contributed by atoms with Crippen molar-refractivity contribution in [1.29, 1.82) is 0 Å². The molecule has 0 fully saturated rings. The van der Waals surface area contributed by atoms with Crippen LogP contribution in [0.25, 0.3) is 0 Å². The van der Waals surface area contributed by atoms with Gasteiger partial charge in [0.25, 0.3) is 0 Å². The minimum Gasteiger partial charge on any atom is -0.374 e. The van der Waals surface area contributed by atoms with Crippen LogP contribution in [0.4, 0.5) is 10.1 Å². The number of nitrogens with zero attached hydrogens (tertiary/aromatic N) is 1. The maximum absolute atomic E-state index is 13.9. The van der Waals surface area contributed by atoms with Crippen molar-refractivity contribution in [2.45, 2.75) is 31.2 Å². The second-order valence-electron chi connectivity index (χ2n) is 4.57. The molecule has 5 nitrogen and oxygen atoms in total. The predicted octanol–water partition coefficient (Wildman–Crippen LogP) is 2.67. The van der Waals surface area contributed by atoms with Crippen molar-refractivity contribution in [3.05, 3.63) is 40.1 Å². The maximum Gasteiger partial charge on any atom is 0.238 e. The number of thiazole rings is 1. The summed E-state index contributed by atoms with van der Waals surface area (Å²) in [6.45, 7) is 3.91. The Morgan fingerprint density at radius 1 is 1.48 bits per heavy atom. The van der Waals surface area contributed by atoms with Crippen molar-refractivity contribution in [3.63, 3.8) is 0 Å². The summed E-state index contributed by atoms with van der Waals surface area (Å²) in [4.78, 5) is 5.19. The molecule has 0 aliphatic rings. The number of benzene rings is 1. The largest absolute Gasteiger partial charge is 0.374 e. The average molecular weight is 329 g/mol. The average Bonchev–Trinajstić information content (AvgIpc) is 2.88. The van der Waals surface area contributed by atoms with Crippen LogP contribution in [-0.2, 0) is 16.4 Å². The van der Waals surface area contributed by atoms with Crippen molar-refractivity contribution < 1.29 is 12.8 Å². The number of hydrogen-bond donors (Lipinski definition) is 2. The standard InChI is InChI=1S/C13H16FN3O2S2/c1-3-9-7-16-13(20-9)8(2)17-12-5-4-10(6-11(12)14)21(15,18)19/h4-8,17H,3H2,1-2H3,(H2,15,18,19). The number of rotatable bonds is 5. The van der Waals surface area contributed by atoms with Crippen LogP contribution in [0, 0.1) is 5.82 Å². The Bertz CT molecular complexity index is 744. The Labute approximate surface area is 127 Å². The van der Waals surface area contributed by atoms with Crippen molar-refractivity contribution in [2.24, 2.45) is 5.14 Å². The first-order valence-corrected chi connectivity index (χ1v) is 8.71. The van der Waals surface area contributed by atoms with Gasteiger partial charge in [0.1, 0.15) is 10.8 Å². The van der Waals surface area contributed by atoms with Gasteiger partial charge in [0.05, 0.1) is 16.6 Å². The van der Waals surface area contributed by atoms with Gasteiger partial charge in [-0.3, -0.25) is 0 Å². The topological polar surface area (TPSA) is 85.1 Å². The first-order valence-electron chi connectivity index (χ1n) is 6.34. The second-order valence-corrected chi connectivity index (χ2v) is 7.28. The quantitative estimate of drug-likeness (QED) is 0.883. The molecule has 1 aromatic carbocycles. The van der Waals surface area contributed by atoms with Crippen LogP contribution < -0.4 is 10.5 Å². The van der Waals surface area contributed by atoms with Gasteiger partial charge in [-0.25, -0.2) is 22.9 Å². The highest BCUT2D eigenvalue weighted by Gasteiger charge is 2.15. The summed E-state index contributed by atoms with van der Waals surface area (Å²) in [6.07, 6.45) is 2.71. The van der Waals surface area contributed by atoms with E-state index in [1.807, 2.05) is 13.8 Å². The summed E-state index contributed by atoms with van der Waals surface area (Å²) >= 11 is 1.56. The van der Waals surface area contributed by atoms with E-state index in [1.54, 1.807) is 17.5 Å². The van der Waals surface area contributed by atoms with Gasteiger partial charge < -0.3 is 5.32 Å². The first-order chi connectivity index (χ1) is 9.81. The molecule has 0 spiro atoms. The Balaban J connectivity index is 2.19. The molecular formula is C13H16FN3O2S2. The fourth-order valence-electron chi connectivity index (χ4n) is 1.77. The van der Waals surface area contributed by atoms with Gasteiger partial charge >= 0.3 is 0 Å². The highest BCUT2D eigenvalue weighted by Crippen LogP contribution is 2.26. The number of aryl methyl sites for hydroxylation is 1. The van der Waals surface area contributed by atoms with E-state index >= 15 is 0 Å². The smallest absolute Gasteiger partial charge is 0.238 e. The molecular weight excluding hydrogens is 313 g/mol. The molecule has 0 saturated carbocycles. The lowest BCUT2D eigenvalue weighted by Gasteiger charge is -2.14. The Morgan fingerprint density at radius 2 is 2.19 bits per heavy atom. The van der Waals surface area contributed by atoms with Crippen molar-refractivity contribution in [1.82, 2.24) is 4.98 Å². The fraction of sp³-hybridized carbons (Fsp3) is 0.308. The van der Waals surface area contributed by atoms with Crippen LogP contribution in [0.1, 0.15) is 29.8 Å². The number of aromatic nitrogens is 1. The third-order valence-corrected chi connectivity index (χ3v) is 5.17. The van der Waals surface area contributed by atoms with Gasteiger partial charge in [0.15, 0.2) is 0 Å². The lowest BCUT2D eigenvalue weighted by molar-refractivity contribution is 0.592. The number of sulfonamides is 1. The number of halogens is 1. The molecule has 1 heterocycles. The van der Waals surface area contributed by atoms with E-state index in [9.17, 15) is 12.8 Å². The van der Waals surface area contributed by atoms with Crippen LogP contribution in [0.2, 0.25) is 0 Å². The number of hydrogen-bond acceptors (Lipinski definition) is 5. The Kier molecular flexibility index (Phi) is 4.60. The van der Waals surface area contributed by atoms with Gasteiger partial charge in [-0.15, -0.1) is 11.3 Å². The third kappa shape index (κ3) is 3.78. The van der Waals surface area contributed by atoms with Crippen LogP contribution in [-0.4, -0.2) is 13.4 Å². The van der Waals surface area contributed by atoms with Gasteiger partial charge in [0.2, 0.25) is 10.0 Å². The molecule has 2 rings (SSSR count). The van der Waals surface area contributed by atoms with Crippen molar-refractivity contribution in [3.8, 4) is 0 Å². The van der Waals surface area contributed by atoms with E-state index in [0.717, 1.165) is 22.4 Å². The molecule has 1 aromatic heterocycles. The highest BCUT2D eigenvalue weighted by molar-refractivity contribution is 7.89. The van der Waals surface area contributed by atoms with Crippen LogP contribution in [0.3, 0.4) is 0 Å². The molecule has 0 bridgehead atoms. The molecule has 1 atom stereocenters. The van der Waals surface area contributed by atoms with Crippen LogP contribution in [0.5, 0.6) is 0 Å². The molecule has 0 aliphatic heterocycles. The van der Waals surface area contributed by atoms with Gasteiger partial charge in [-0.2, -0.15) is 0 Å². The van der Waals surface area contributed by atoms with E-state index in [2.05, 4.69) is 10.3 Å². The SMILES string of the molecule is CCc1cnc(C(C)Nc2ccc(S(N)(=O)=O)cc2F)s1. The van der Waals surface area contributed by atoms with E-state index in [0.29, 0.717) is 0 Å². The van der Waals surface area contributed by atoms with E-state index in [-0.39, 0.29) is 16.6 Å². The second kappa shape index (κ2) is 6.08. The number of nitrogens with two attached hydrogens (primary N) is 1. The van der Waals surface area contributed by atoms with Crippen LogP contribution >= 0.6 is 11.3 Å². The normalized spacial score (nSPS) is 13.1. The lowest BCUT2D eigenvalue weighted by atomic mass is 10.2. The molecule has 1 unspecified atom stereocenters. The van der Waals surface area contributed by atoms with Crippen molar-refractivity contribution in [2.75, 3.05) is 5.32 Å². The van der Waals surface area contributed by atoms with E-state index in [4.69, 9.17) is 5.14 Å². The monoisotopic (exact) mass is 329 g/mol. The summed E-state index contributed by atoms with van der Waals surface area (Å²) in [5.41, 5.74) is 0.211. The molecule has 114 valence electrons. The summed E-state index contributed by atoms with van der Waals surface area (Å²) in [7, 11) is -3.90. The van der Waals surface area contributed by atoms with Crippen LogP contribution in [0.15, 0.2) is 29.3 Å². The lowest BCUT2D eigenvalue weighted by Crippen LogP contribution is -2.13. The maximum atomic E-state index is 13.9. The first kappa shape index (κ1) is 15.9. The summed E-state index contributed by atoms with van der Waals surface area (Å²) < 4.78 is 36.2. The van der Waals surface area contributed by atoms with Gasteiger partial charge in [-0.05, 0) is 31.5 Å². The summed E-state index contributed by atoms with van der Waals surface area (Å²) in [5, 5.41) is 8.79. The number of anilines is 1. The predicted molar refractivity (Wildman–Crippen MR) is 81.3 cm³/mol. The molecule has 21 heavy (non-hydrogen) atoms. The fourth-order valence-corrected chi connectivity index (χ4v) is 3.16. The molecule has 3 N–H and O–H groups in total. The third-order valence-electron chi connectivity index (χ3n) is 2.93. The molecule has 2 aromatic rings. The minimum absolute atomic E-state index is 0.176. The number of nitrogens with one attached hydrogen (secondary N) is 1. The molecule has 0 amide bonds. The number of primary sulfonamides is 1. The zero-order valence-corrected chi connectivity index (χ0v) is 13.3. The molecule has 0 aliphatic carbocycles. The molecule has 0 radical (unpaired) electrons. The highest BCUT2D eigenvalue weighted by atomic mass is 32.2. The minimum atomic E-state index is -3.90. The Morgan fingerprint density at radius 3 is 2.71 bits per heavy atom. The summed E-state index contributed by atoms with van der Waals surface area (Å²) in [6, 6.07) is 3.36. The zero-order valence-electron chi connectivity index (χ0n) is 11.6. The molecule has 0 saturated heterocycles. The Hall–Kier alpha value is -1.51. The van der Waals surface area contributed by atoms with Gasteiger partial charge in [0, 0.05) is 11.1 Å². The van der Waals surface area contributed by atoms with Crippen molar-refractivity contribution >= 4 is 27.0 Å². The van der Waals surface area contributed by atoms with Gasteiger partial charge in [-0.1, -0.05) is 6.92 Å². The van der Waals surface area contributed by atoms with E-state index in [1.165, 1.54) is 12.1 Å². The summed E-state index contributed by atoms with van der Waals surface area (Å²) in [5.74, 6) is -0.666. The molecule has 8 heteroatoms. The van der Waals surface area contributed by atoms with E-state index < -0.39 is 15.8 Å².